The molecule has 5 heteroatoms. The van der Waals surface area contributed by atoms with Gasteiger partial charge in [-0.05, 0) is 32.1 Å². The van der Waals surface area contributed by atoms with Gasteiger partial charge in [-0.15, -0.1) is 0 Å². The molecule has 2 fully saturated rings. The Bertz CT molecular complexity index is 452. The van der Waals surface area contributed by atoms with Gasteiger partial charge in [0.2, 0.25) is 11.8 Å². The van der Waals surface area contributed by atoms with Gasteiger partial charge in [-0.2, -0.15) is 0 Å². The van der Waals surface area contributed by atoms with Crippen LogP contribution in [0.2, 0.25) is 0 Å². The van der Waals surface area contributed by atoms with E-state index in [9.17, 15) is 14.4 Å². The van der Waals surface area contributed by atoms with Crippen molar-refractivity contribution in [1.82, 2.24) is 4.90 Å². The number of hydrogen-bond donors (Lipinski definition) is 0. The van der Waals surface area contributed by atoms with Gasteiger partial charge >= 0.3 is 5.97 Å². The number of allylic oxidation sites excluding steroid dienone is 2. The van der Waals surface area contributed by atoms with Gasteiger partial charge in [-0.1, -0.05) is 12.2 Å². The third-order valence-corrected chi connectivity index (χ3v) is 4.22. The van der Waals surface area contributed by atoms with Crippen LogP contribution in [-0.4, -0.2) is 35.3 Å². The Labute approximate surface area is 111 Å². The first-order valence-electron chi connectivity index (χ1n) is 6.72. The monoisotopic (exact) mass is 263 g/mol. The molecular formula is C14H17NO4. The first kappa shape index (κ1) is 12.4. The SMILES string of the molecule is CC(C)OC(=O)CN1C(=O)[C@@H]2[C@H](C1=O)[C@H]1C=C[C@H]2C1. The zero-order valence-electron chi connectivity index (χ0n) is 11.0. The van der Waals surface area contributed by atoms with Gasteiger partial charge in [0.15, 0.2) is 0 Å². The number of imide groups is 1. The van der Waals surface area contributed by atoms with Crippen LogP contribution >= 0.6 is 0 Å². The average Bonchev–Trinajstić information content (AvgIpc) is 2.97. The maximum absolute atomic E-state index is 12.3. The molecular weight excluding hydrogens is 246 g/mol. The minimum absolute atomic E-state index is 0.178. The summed E-state index contributed by atoms with van der Waals surface area (Å²) in [4.78, 5) is 37.2. The van der Waals surface area contributed by atoms with Crippen molar-refractivity contribution < 1.29 is 19.1 Å². The number of ether oxygens (including phenoxy) is 1. The van der Waals surface area contributed by atoms with Gasteiger partial charge in [0.25, 0.3) is 0 Å². The van der Waals surface area contributed by atoms with E-state index in [0.29, 0.717) is 0 Å². The van der Waals surface area contributed by atoms with E-state index in [1.807, 2.05) is 12.2 Å². The molecule has 0 N–H and O–H groups in total. The zero-order valence-corrected chi connectivity index (χ0v) is 11.0. The number of esters is 1. The van der Waals surface area contributed by atoms with Crippen molar-refractivity contribution in [2.24, 2.45) is 23.7 Å². The Morgan fingerprint density at radius 3 is 2.26 bits per heavy atom. The molecule has 19 heavy (non-hydrogen) atoms. The van der Waals surface area contributed by atoms with Crippen molar-refractivity contribution in [1.29, 1.82) is 0 Å². The fourth-order valence-electron chi connectivity index (χ4n) is 3.55. The topological polar surface area (TPSA) is 63.7 Å². The van der Waals surface area contributed by atoms with Gasteiger partial charge in [0, 0.05) is 0 Å². The largest absolute Gasteiger partial charge is 0.462 e. The number of rotatable bonds is 3. The summed E-state index contributed by atoms with van der Waals surface area (Å²) in [6.07, 6.45) is 4.73. The van der Waals surface area contributed by atoms with Crippen LogP contribution in [0.4, 0.5) is 0 Å². The highest BCUT2D eigenvalue weighted by atomic mass is 16.5. The zero-order chi connectivity index (χ0) is 13.7. The Balaban J connectivity index is 1.74. The molecule has 0 unspecified atom stereocenters. The van der Waals surface area contributed by atoms with Gasteiger partial charge in [0.05, 0.1) is 17.9 Å². The van der Waals surface area contributed by atoms with E-state index in [-0.39, 0.29) is 48.1 Å². The Morgan fingerprint density at radius 2 is 1.79 bits per heavy atom. The fourth-order valence-corrected chi connectivity index (χ4v) is 3.55. The van der Waals surface area contributed by atoms with Crippen molar-refractivity contribution in [2.45, 2.75) is 26.4 Å². The van der Waals surface area contributed by atoms with Gasteiger partial charge in [0.1, 0.15) is 6.54 Å². The molecule has 3 rings (SSSR count). The lowest BCUT2D eigenvalue weighted by Crippen LogP contribution is -2.38. The molecule has 0 aromatic carbocycles. The molecule has 0 radical (unpaired) electrons. The van der Waals surface area contributed by atoms with Crippen LogP contribution < -0.4 is 0 Å². The van der Waals surface area contributed by atoms with E-state index in [1.54, 1.807) is 13.8 Å². The number of nitrogens with zero attached hydrogens (tertiary/aromatic N) is 1. The van der Waals surface area contributed by atoms with Crippen molar-refractivity contribution in [2.75, 3.05) is 6.54 Å². The molecule has 0 aromatic heterocycles. The number of carbonyl (C=O) groups is 3. The van der Waals surface area contributed by atoms with Crippen molar-refractivity contribution in [3.8, 4) is 0 Å². The fraction of sp³-hybridized carbons (Fsp3) is 0.643. The second-order valence-corrected chi connectivity index (χ2v) is 5.80. The smallest absolute Gasteiger partial charge is 0.326 e. The summed E-state index contributed by atoms with van der Waals surface area (Å²) in [5, 5.41) is 0. The summed E-state index contributed by atoms with van der Waals surface area (Å²) in [6, 6.07) is 0. The molecule has 1 heterocycles. The number of likely N-dealkylation sites (tertiary alicyclic amines) is 1. The number of fused-ring (bicyclic) bond motifs is 5. The van der Waals surface area contributed by atoms with Crippen LogP contribution in [0.5, 0.6) is 0 Å². The first-order valence-corrected chi connectivity index (χ1v) is 6.72. The third kappa shape index (κ3) is 1.79. The predicted octanol–water partition coefficient (Wildman–Crippen LogP) is 0.745. The predicted molar refractivity (Wildman–Crippen MR) is 65.7 cm³/mol. The van der Waals surface area contributed by atoms with Crippen LogP contribution in [-0.2, 0) is 19.1 Å². The maximum Gasteiger partial charge on any atom is 0.326 e. The maximum atomic E-state index is 12.3. The number of carbonyl (C=O) groups excluding carboxylic acids is 3. The molecule has 2 amide bonds. The first-order chi connectivity index (χ1) is 8.99. The van der Waals surface area contributed by atoms with Crippen molar-refractivity contribution >= 4 is 17.8 Å². The Kier molecular flexibility index (Phi) is 2.73. The average molecular weight is 263 g/mol. The third-order valence-electron chi connectivity index (χ3n) is 4.22. The van der Waals surface area contributed by atoms with Gasteiger partial charge in [-0.3, -0.25) is 19.3 Å². The molecule has 1 saturated carbocycles. The second kappa shape index (κ2) is 4.18. The molecule has 5 nitrogen and oxygen atoms in total. The summed E-state index contributed by atoms with van der Waals surface area (Å²) in [5.41, 5.74) is 0. The molecule has 4 atom stereocenters. The van der Waals surface area contributed by atoms with Crippen LogP contribution in [0.15, 0.2) is 12.2 Å². The molecule has 0 spiro atoms. The van der Waals surface area contributed by atoms with E-state index in [2.05, 4.69) is 0 Å². The van der Waals surface area contributed by atoms with E-state index < -0.39 is 5.97 Å². The lowest BCUT2D eigenvalue weighted by molar-refractivity contribution is -0.155. The second-order valence-electron chi connectivity index (χ2n) is 5.80. The van der Waals surface area contributed by atoms with E-state index in [1.165, 1.54) is 0 Å². The lowest BCUT2D eigenvalue weighted by atomic mass is 9.85. The Hall–Kier alpha value is -1.65. The molecule has 102 valence electrons. The van der Waals surface area contributed by atoms with Crippen LogP contribution in [0.25, 0.3) is 0 Å². The summed E-state index contributed by atoms with van der Waals surface area (Å²) >= 11 is 0. The normalized spacial score (nSPS) is 35.4. The van der Waals surface area contributed by atoms with Gasteiger partial charge < -0.3 is 4.74 Å². The molecule has 1 saturated heterocycles. The van der Waals surface area contributed by atoms with Crippen molar-refractivity contribution in [3.63, 3.8) is 0 Å². The number of hydrogen-bond acceptors (Lipinski definition) is 4. The molecule has 3 aliphatic rings. The van der Waals surface area contributed by atoms with Gasteiger partial charge in [-0.25, -0.2) is 0 Å². The Morgan fingerprint density at radius 1 is 1.26 bits per heavy atom. The minimum Gasteiger partial charge on any atom is -0.462 e. The molecule has 1 aliphatic heterocycles. The standard InChI is InChI=1S/C14H17NO4/c1-7(2)19-10(16)6-15-13(17)11-8-3-4-9(5-8)12(11)14(15)18/h3-4,7-9,11-12H,5-6H2,1-2H3/t8-,9-,11-,12+/m0/s1. The number of amides is 2. The quantitative estimate of drug-likeness (QED) is 0.428. The van der Waals surface area contributed by atoms with E-state index >= 15 is 0 Å². The van der Waals surface area contributed by atoms with Crippen LogP contribution in [0.3, 0.4) is 0 Å². The molecule has 2 aliphatic carbocycles. The summed E-state index contributed by atoms with van der Waals surface area (Å²) in [6.45, 7) is 3.23. The highest BCUT2D eigenvalue weighted by molar-refractivity contribution is 6.08. The lowest BCUT2D eigenvalue weighted by Gasteiger charge is -2.17. The molecule has 0 aromatic rings. The molecule has 2 bridgehead atoms. The summed E-state index contributed by atoms with van der Waals surface area (Å²) in [5.74, 6) is -1.05. The van der Waals surface area contributed by atoms with Crippen molar-refractivity contribution in [3.05, 3.63) is 12.2 Å². The highest BCUT2D eigenvalue weighted by Crippen LogP contribution is 2.52. The van der Waals surface area contributed by atoms with E-state index in [0.717, 1.165) is 11.3 Å². The minimum atomic E-state index is -0.517. The van der Waals surface area contributed by atoms with Crippen LogP contribution in [0.1, 0.15) is 20.3 Å². The summed E-state index contributed by atoms with van der Waals surface area (Å²) < 4.78 is 5.00. The summed E-state index contributed by atoms with van der Waals surface area (Å²) in [7, 11) is 0. The highest BCUT2D eigenvalue weighted by Gasteiger charge is 2.59. The van der Waals surface area contributed by atoms with E-state index in [4.69, 9.17) is 4.74 Å². The van der Waals surface area contributed by atoms with Crippen LogP contribution in [0, 0.1) is 23.7 Å².